The molecule has 2 aromatic carbocycles. The molecule has 2 saturated heterocycles. The van der Waals surface area contributed by atoms with Gasteiger partial charge >= 0.3 is 0 Å². The van der Waals surface area contributed by atoms with Gasteiger partial charge in [0.1, 0.15) is 0 Å². The van der Waals surface area contributed by atoms with E-state index in [0.29, 0.717) is 36.6 Å². The second-order valence-electron chi connectivity index (χ2n) is 17.1. The Bertz CT molecular complexity index is 1630. The van der Waals surface area contributed by atoms with Gasteiger partial charge in [0.2, 0.25) is 17.7 Å². The van der Waals surface area contributed by atoms with Gasteiger partial charge in [-0.05, 0) is 61.4 Å². The van der Waals surface area contributed by atoms with Gasteiger partial charge in [0.25, 0.3) is 11.8 Å². The zero-order chi connectivity index (χ0) is 39.4. The van der Waals surface area contributed by atoms with Crippen molar-refractivity contribution in [1.82, 2.24) is 25.8 Å². The van der Waals surface area contributed by atoms with Crippen LogP contribution in [0, 0.1) is 17.8 Å². The van der Waals surface area contributed by atoms with Crippen LogP contribution in [0.4, 0.5) is 0 Å². The van der Waals surface area contributed by atoms with Crippen LogP contribution in [0.15, 0.2) is 54.6 Å². The van der Waals surface area contributed by atoms with E-state index in [4.69, 9.17) is 0 Å². The molecule has 2 saturated carbocycles. The number of carbonyl (C=O) groups excluding carboxylic acids is 5. The van der Waals surface area contributed by atoms with Gasteiger partial charge in [-0.3, -0.25) is 24.0 Å². The van der Waals surface area contributed by atoms with Crippen LogP contribution in [-0.4, -0.2) is 83.6 Å². The lowest BCUT2D eigenvalue weighted by atomic mass is 9.94. The number of likely N-dealkylation sites (tertiary alicyclic amines) is 2. The lowest BCUT2D eigenvalue weighted by Crippen LogP contribution is -2.43. The number of nitrogens with zero attached hydrogens (tertiary/aromatic N) is 2. The van der Waals surface area contributed by atoms with E-state index in [1.54, 1.807) is 34.1 Å². The summed E-state index contributed by atoms with van der Waals surface area (Å²) in [5, 5.41) is 9.40. The predicted molar refractivity (Wildman–Crippen MR) is 219 cm³/mol. The molecule has 2 aliphatic carbocycles. The minimum atomic E-state index is -0.640. The quantitative estimate of drug-likeness (QED) is 0.118. The van der Waals surface area contributed by atoms with E-state index in [1.807, 2.05) is 18.2 Å². The van der Waals surface area contributed by atoms with Gasteiger partial charge in [-0.1, -0.05) is 115 Å². The van der Waals surface area contributed by atoms with Crippen LogP contribution in [0.2, 0.25) is 0 Å². The van der Waals surface area contributed by atoms with E-state index >= 15 is 0 Å². The molecule has 3 N–H and O–H groups in total. The highest BCUT2D eigenvalue weighted by molar-refractivity contribution is 5.99. The molecule has 7 atom stereocenters. The average Bonchev–Trinajstić information content (AvgIpc) is 3.99. The van der Waals surface area contributed by atoms with E-state index in [-0.39, 0.29) is 66.7 Å². The molecule has 0 unspecified atom stereocenters. The number of carbonyl (C=O) groups is 5. The van der Waals surface area contributed by atoms with Gasteiger partial charge in [-0.15, -0.1) is 0 Å². The van der Waals surface area contributed by atoms with Crippen molar-refractivity contribution in [3.63, 3.8) is 0 Å². The predicted octanol–water partition coefficient (Wildman–Crippen LogP) is 6.99. The number of nitrogens with one attached hydrogen (secondary N) is 3. The summed E-state index contributed by atoms with van der Waals surface area (Å²) >= 11 is 0. The van der Waals surface area contributed by atoms with Crippen molar-refractivity contribution in [1.29, 1.82) is 0 Å². The Morgan fingerprint density at radius 2 is 1.12 bits per heavy atom. The van der Waals surface area contributed by atoms with Gasteiger partial charge in [0, 0.05) is 67.8 Å². The van der Waals surface area contributed by atoms with Crippen LogP contribution in [0.5, 0.6) is 0 Å². The first-order chi connectivity index (χ1) is 27.2. The Morgan fingerprint density at radius 3 is 1.68 bits per heavy atom. The third-order valence-electron chi connectivity index (χ3n) is 12.5. The first-order valence-electron chi connectivity index (χ1n) is 21.9. The van der Waals surface area contributed by atoms with Crippen molar-refractivity contribution in [2.45, 2.75) is 141 Å². The van der Waals surface area contributed by atoms with E-state index in [0.717, 1.165) is 32.1 Å². The zero-order valence-corrected chi connectivity index (χ0v) is 33.8. The standard InChI is InChI=1S/C46H65N5O5/c1-3-4-5-6-7-8-9-10-11-12-13-17-20-42(52)47-36-25-26-50(29-36)45(55)34-21-23-35(24-22-34)46(56)51-30-38(43(53)48-40-27-32(40)2)39(31-51)44(54)49-41-28-37(41)33-18-15-14-16-19-33/h14-16,18-19,21-24,32,36-41H,3-13,17,20,25-31H2,1-2H3,(H,47,52)(H,48,53)(H,49,54)/t32-,36-,37+,38+,39+,40-,41-/m0/s1. The SMILES string of the molecule is CCCCCCCCCCCCCCC(=O)N[C@H]1CCN(C(=O)c2ccc(C(=O)N3C[C@@H](C(=O)N[C@H]4C[C@@H]4c4ccccc4)[C@H](C(=O)N[C@H]4C[C@@H]4C)C3)cc2)C1. The maximum absolute atomic E-state index is 13.8. The molecule has 0 radical (unpaired) electrons. The summed E-state index contributed by atoms with van der Waals surface area (Å²) in [5.74, 6) is -1.26. The van der Waals surface area contributed by atoms with Crippen LogP contribution in [0.3, 0.4) is 0 Å². The fraction of sp³-hybridized carbons (Fsp3) is 0.630. The summed E-state index contributed by atoms with van der Waals surface area (Å²) in [7, 11) is 0. The highest BCUT2D eigenvalue weighted by Crippen LogP contribution is 2.41. The van der Waals surface area contributed by atoms with Crippen molar-refractivity contribution in [2.24, 2.45) is 17.8 Å². The van der Waals surface area contributed by atoms with E-state index in [1.165, 1.54) is 69.8 Å². The summed E-state index contributed by atoms with van der Waals surface area (Å²) in [6.45, 7) is 5.70. The highest BCUT2D eigenvalue weighted by Gasteiger charge is 2.48. The number of hydrogen-bond acceptors (Lipinski definition) is 5. The first-order valence-corrected chi connectivity index (χ1v) is 21.9. The second-order valence-corrected chi connectivity index (χ2v) is 17.1. The fourth-order valence-electron chi connectivity index (χ4n) is 8.64. The van der Waals surface area contributed by atoms with E-state index < -0.39 is 11.8 Å². The summed E-state index contributed by atoms with van der Waals surface area (Å²) in [4.78, 5) is 70.2. The van der Waals surface area contributed by atoms with Crippen LogP contribution in [-0.2, 0) is 14.4 Å². The lowest BCUT2D eigenvalue weighted by Gasteiger charge is -2.18. The van der Waals surface area contributed by atoms with Crippen LogP contribution in [0.25, 0.3) is 0 Å². The van der Waals surface area contributed by atoms with Crippen LogP contribution >= 0.6 is 0 Å². The summed E-state index contributed by atoms with van der Waals surface area (Å²) in [6, 6.07) is 16.9. The molecule has 2 aliphatic heterocycles. The third-order valence-corrected chi connectivity index (χ3v) is 12.5. The number of rotatable bonds is 21. The number of hydrogen-bond donors (Lipinski definition) is 3. The van der Waals surface area contributed by atoms with Crippen molar-refractivity contribution in [2.75, 3.05) is 26.2 Å². The Labute approximate surface area is 334 Å². The number of amides is 5. The van der Waals surface area contributed by atoms with Gasteiger partial charge in [0.05, 0.1) is 11.8 Å². The number of benzene rings is 2. The van der Waals surface area contributed by atoms with Crippen molar-refractivity contribution < 1.29 is 24.0 Å². The Hall–Kier alpha value is -4.21. The lowest BCUT2D eigenvalue weighted by molar-refractivity contribution is -0.133. The number of unbranched alkanes of at least 4 members (excludes halogenated alkanes) is 11. The molecule has 4 fully saturated rings. The normalized spacial score (nSPS) is 25.1. The van der Waals surface area contributed by atoms with Crippen molar-refractivity contribution in [3.8, 4) is 0 Å². The molecule has 56 heavy (non-hydrogen) atoms. The average molecular weight is 768 g/mol. The molecule has 2 heterocycles. The fourth-order valence-corrected chi connectivity index (χ4v) is 8.64. The zero-order valence-electron chi connectivity index (χ0n) is 33.8. The second kappa shape index (κ2) is 20.3. The molecule has 0 aromatic heterocycles. The molecule has 2 aromatic rings. The van der Waals surface area contributed by atoms with Gasteiger partial charge in [0.15, 0.2) is 0 Å². The third kappa shape index (κ3) is 11.7. The molecule has 304 valence electrons. The molecule has 4 aliphatic rings. The molecular weight excluding hydrogens is 703 g/mol. The molecule has 5 amide bonds. The molecular formula is C46H65N5O5. The molecule has 0 bridgehead atoms. The van der Waals surface area contributed by atoms with Gasteiger partial charge < -0.3 is 25.8 Å². The maximum Gasteiger partial charge on any atom is 0.253 e. The highest BCUT2D eigenvalue weighted by atomic mass is 16.2. The Balaban J connectivity index is 0.922. The van der Waals surface area contributed by atoms with Crippen LogP contribution in [0.1, 0.15) is 149 Å². The first kappa shape index (κ1) is 41.4. The van der Waals surface area contributed by atoms with Crippen molar-refractivity contribution >= 4 is 29.5 Å². The Kier molecular flexibility index (Phi) is 15.0. The summed E-state index contributed by atoms with van der Waals surface area (Å²) < 4.78 is 0. The Morgan fingerprint density at radius 1 is 0.607 bits per heavy atom. The minimum absolute atomic E-state index is 0.0260. The summed E-state index contributed by atoms with van der Waals surface area (Å²) in [5.41, 5.74) is 2.08. The van der Waals surface area contributed by atoms with E-state index in [9.17, 15) is 24.0 Å². The molecule has 6 rings (SSSR count). The molecule has 0 spiro atoms. The smallest absolute Gasteiger partial charge is 0.253 e. The molecule has 10 heteroatoms. The van der Waals surface area contributed by atoms with E-state index in [2.05, 4.69) is 41.9 Å². The molecule has 10 nitrogen and oxygen atoms in total. The summed E-state index contributed by atoms with van der Waals surface area (Å²) in [6.07, 6.45) is 18.2. The van der Waals surface area contributed by atoms with Crippen LogP contribution < -0.4 is 16.0 Å². The van der Waals surface area contributed by atoms with Gasteiger partial charge in [-0.25, -0.2) is 0 Å². The van der Waals surface area contributed by atoms with Crippen molar-refractivity contribution in [3.05, 3.63) is 71.3 Å². The van der Waals surface area contributed by atoms with Gasteiger partial charge in [-0.2, -0.15) is 0 Å². The maximum atomic E-state index is 13.8. The largest absolute Gasteiger partial charge is 0.353 e. The monoisotopic (exact) mass is 767 g/mol. The topological polar surface area (TPSA) is 128 Å². The minimum Gasteiger partial charge on any atom is -0.353 e.